The first-order valence-corrected chi connectivity index (χ1v) is 6.43. The summed E-state index contributed by atoms with van der Waals surface area (Å²) in [7, 11) is 0. The molecule has 0 spiro atoms. The number of hydrogen-bond acceptors (Lipinski definition) is 2. The van der Waals surface area contributed by atoms with Crippen molar-refractivity contribution >= 4 is 0 Å². The molecule has 0 radical (unpaired) electrons. The highest BCUT2D eigenvalue weighted by molar-refractivity contribution is 5.46. The van der Waals surface area contributed by atoms with Crippen LogP contribution >= 0.6 is 0 Å². The molecule has 3 unspecified atom stereocenters. The first-order valence-electron chi connectivity index (χ1n) is 6.43. The first-order chi connectivity index (χ1) is 7.91. The molecule has 3 atom stereocenters. The molecule has 0 bridgehead atoms. The summed E-state index contributed by atoms with van der Waals surface area (Å²) in [6.45, 7) is 8.36. The summed E-state index contributed by atoms with van der Waals surface area (Å²) in [5.74, 6) is 1.37. The van der Waals surface area contributed by atoms with Crippen molar-refractivity contribution in [1.29, 1.82) is 0 Å². The van der Waals surface area contributed by atoms with Crippen molar-refractivity contribution < 1.29 is 10.2 Å². The molecule has 1 aliphatic carbocycles. The molecule has 2 rings (SSSR count). The van der Waals surface area contributed by atoms with E-state index in [0.29, 0.717) is 17.6 Å². The van der Waals surface area contributed by atoms with Crippen molar-refractivity contribution in [2.75, 3.05) is 0 Å². The van der Waals surface area contributed by atoms with Crippen molar-refractivity contribution in [3.05, 3.63) is 28.8 Å². The number of rotatable bonds is 1. The van der Waals surface area contributed by atoms with Crippen LogP contribution in [0.3, 0.4) is 0 Å². The maximum atomic E-state index is 10.1. The van der Waals surface area contributed by atoms with Crippen molar-refractivity contribution in [2.24, 2.45) is 5.92 Å². The van der Waals surface area contributed by atoms with Crippen LogP contribution in [-0.4, -0.2) is 16.3 Å². The normalized spacial score (nSPS) is 28.2. The lowest BCUT2D eigenvalue weighted by molar-refractivity contribution is 0.113. The van der Waals surface area contributed by atoms with Crippen molar-refractivity contribution in [2.45, 2.75) is 52.1 Å². The predicted molar refractivity (Wildman–Crippen MR) is 69.5 cm³/mol. The molecule has 2 N–H and O–H groups in total. The second-order valence-corrected chi connectivity index (χ2v) is 5.71. The van der Waals surface area contributed by atoms with Gasteiger partial charge in [-0.15, -0.1) is 0 Å². The summed E-state index contributed by atoms with van der Waals surface area (Å²) in [4.78, 5) is 0. The average Bonchev–Trinajstić information content (AvgIpc) is 2.26. The number of aromatic hydroxyl groups is 1. The zero-order chi connectivity index (χ0) is 12.7. The van der Waals surface area contributed by atoms with E-state index in [4.69, 9.17) is 0 Å². The van der Waals surface area contributed by atoms with Crippen molar-refractivity contribution in [3.8, 4) is 5.75 Å². The van der Waals surface area contributed by atoms with Gasteiger partial charge in [-0.2, -0.15) is 0 Å². The molecule has 2 nitrogen and oxygen atoms in total. The topological polar surface area (TPSA) is 40.5 Å². The Bertz CT molecular complexity index is 423. The molecular weight excluding hydrogens is 212 g/mol. The molecule has 0 saturated heterocycles. The van der Waals surface area contributed by atoms with E-state index in [1.165, 1.54) is 5.56 Å². The fraction of sp³-hybridized carbons (Fsp3) is 0.600. The highest BCUT2D eigenvalue weighted by Gasteiger charge is 2.33. The summed E-state index contributed by atoms with van der Waals surface area (Å²) in [5.41, 5.74) is 3.36. The molecule has 0 fully saturated rings. The molecule has 2 heteroatoms. The summed E-state index contributed by atoms with van der Waals surface area (Å²) in [5, 5.41) is 19.9. The second-order valence-electron chi connectivity index (χ2n) is 5.71. The molecule has 0 aromatic heterocycles. The van der Waals surface area contributed by atoms with Gasteiger partial charge in [-0.25, -0.2) is 0 Å². The maximum Gasteiger partial charge on any atom is 0.118 e. The number of aliphatic hydroxyl groups is 1. The quantitative estimate of drug-likeness (QED) is 0.782. The molecule has 0 amide bonds. The van der Waals surface area contributed by atoms with E-state index >= 15 is 0 Å². The van der Waals surface area contributed by atoms with E-state index in [-0.39, 0.29) is 12.0 Å². The Labute approximate surface area is 103 Å². The minimum atomic E-state index is -0.294. The van der Waals surface area contributed by atoms with Gasteiger partial charge in [0.1, 0.15) is 5.75 Å². The molecule has 17 heavy (non-hydrogen) atoms. The zero-order valence-corrected chi connectivity index (χ0v) is 11.1. The van der Waals surface area contributed by atoms with Gasteiger partial charge in [0, 0.05) is 5.92 Å². The fourth-order valence-corrected chi connectivity index (χ4v) is 2.88. The lowest BCUT2D eigenvalue weighted by atomic mass is 9.71. The summed E-state index contributed by atoms with van der Waals surface area (Å²) in [6.07, 6.45) is 0.535. The van der Waals surface area contributed by atoms with Gasteiger partial charge in [-0.05, 0) is 47.9 Å². The second kappa shape index (κ2) is 4.34. The maximum absolute atomic E-state index is 10.1. The number of aliphatic hydroxyl groups excluding tert-OH is 1. The van der Waals surface area contributed by atoms with Crippen LogP contribution in [0.1, 0.15) is 55.7 Å². The summed E-state index contributed by atoms with van der Waals surface area (Å²) in [6, 6.07) is 3.94. The van der Waals surface area contributed by atoms with Crippen LogP contribution in [0.5, 0.6) is 5.75 Å². The molecule has 0 aliphatic heterocycles. The number of fused-ring (bicyclic) bond motifs is 1. The number of phenolic OH excluding ortho intramolecular Hbond substituents is 1. The van der Waals surface area contributed by atoms with Gasteiger partial charge < -0.3 is 10.2 Å². The lowest BCUT2D eigenvalue weighted by Gasteiger charge is -2.36. The highest BCUT2D eigenvalue weighted by Crippen LogP contribution is 2.44. The van der Waals surface area contributed by atoms with Crippen LogP contribution in [0.15, 0.2) is 12.1 Å². The standard InChI is InChI=1S/C15H22O2/c1-8(2)11-6-15(17)10(4)12-7-14(16)9(3)5-13(11)12/h5,7-8,10-11,15-17H,6H2,1-4H3. The van der Waals surface area contributed by atoms with E-state index in [9.17, 15) is 10.2 Å². The van der Waals surface area contributed by atoms with Gasteiger partial charge in [0.05, 0.1) is 6.10 Å². The minimum absolute atomic E-state index is 0.117. The molecule has 1 aliphatic rings. The van der Waals surface area contributed by atoms with Gasteiger partial charge in [0.2, 0.25) is 0 Å². The SMILES string of the molecule is Cc1cc2c(cc1O)C(C)C(O)CC2C(C)C. The van der Waals surface area contributed by atoms with E-state index < -0.39 is 0 Å². The van der Waals surface area contributed by atoms with Crippen LogP contribution < -0.4 is 0 Å². The van der Waals surface area contributed by atoms with Crippen LogP contribution in [-0.2, 0) is 0 Å². The molecule has 0 saturated carbocycles. The molecule has 1 aromatic rings. The third-order valence-electron chi connectivity index (χ3n) is 4.17. The van der Waals surface area contributed by atoms with Crippen LogP contribution in [0.4, 0.5) is 0 Å². The molecule has 0 heterocycles. The lowest BCUT2D eigenvalue weighted by Crippen LogP contribution is -2.28. The van der Waals surface area contributed by atoms with Gasteiger partial charge in [-0.1, -0.05) is 26.8 Å². The Morgan fingerprint density at radius 2 is 1.88 bits per heavy atom. The summed E-state index contributed by atoms with van der Waals surface area (Å²) >= 11 is 0. The number of aryl methyl sites for hydroxylation is 1. The first kappa shape index (κ1) is 12.4. The number of hydrogen-bond donors (Lipinski definition) is 2. The monoisotopic (exact) mass is 234 g/mol. The Hall–Kier alpha value is -1.02. The fourth-order valence-electron chi connectivity index (χ4n) is 2.88. The molecule has 1 aromatic carbocycles. The van der Waals surface area contributed by atoms with Crippen molar-refractivity contribution in [1.82, 2.24) is 0 Å². The number of benzene rings is 1. The Kier molecular flexibility index (Phi) is 3.17. The van der Waals surface area contributed by atoms with E-state index in [1.807, 2.05) is 19.9 Å². The smallest absolute Gasteiger partial charge is 0.118 e. The van der Waals surface area contributed by atoms with Gasteiger partial charge >= 0.3 is 0 Å². The van der Waals surface area contributed by atoms with Crippen LogP contribution in [0.2, 0.25) is 0 Å². The Balaban J connectivity index is 2.56. The Morgan fingerprint density at radius 1 is 1.24 bits per heavy atom. The van der Waals surface area contributed by atoms with E-state index in [1.54, 1.807) is 0 Å². The molecular formula is C15H22O2. The van der Waals surface area contributed by atoms with Crippen LogP contribution in [0.25, 0.3) is 0 Å². The predicted octanol–water partition coefficient (Wildman–Crippen LogP) is 3.31. The average molecular weight is 234 g/mol. The number of phenols is 1. The van der Waals surface area contributed by atoms with Gasteiger partial charge in [0.15, 0.2) is 0 Å². The largest absolute Gasteiger partial charge is 0.508 e. The van der Waals surface area contributed by atoms with Gasteiger partial charge in [0.25, 0.3) is 0 Å². The summed E-state index contributed by atoms with van der Waals surface area (Å²) < 4.78 is 0. The van der Waals surface area contributed by atoms with E-state index in [2.05, 4.69) is 19.9 Å². The zero-order valence-electron chi connectivity index (χ0n) is 11.1. The van der Waals surface area contributed by atoms with Gasteiger partial charge in [-0.3, -0.25) is 0 Å². The van der Waals surface area contributed by atoms with Crippen LogP contribution in [0, 0.1) is 12.8 Å². The third kappa shape index (κ3) is 2.06. The van der Waals surface area contributed by atoms with E-state index in [0.717, 1.165) is 17.5 Å². The third-order valence-corrected chi connectivity index (χ3v) is 4.17. The highest BCUT2D eigenvalue weighted by atomic mass is 16.3. The van der Waals surface area contributed by atoms with Crippen molar-refractivity contribution in [3.63, 3.8) is 0 Å². The minimum Gasteiger partial charge on any atom is -0.508 e. The molecule has 94 valence electrons. The Morgan fingerprint density at radius 3 is 2.47 bits per heavy atom.